The Balaban J connectivity index is 2.27. The molecule has 0 fully saturated rings. The van der Waals surface area contributed by atoms with E-state index in [2.05, 4.69) is 16.0 Å². The Morgan fingerprint density at radius 3 is 2.74 bits per heavy atom. The summed E-state index contributed by atoms with van der Waals surface area (Å²) in [5.41, 5.74) is 8.49. The molecule has 0 amide bonds. The number of hydrogen-bond donors (Lipinski definition) is 1. The van der Waals surface area contributed by atoms with E-state index in [9.17, 15) is 0 Å². The van der Waals surface area contributed by atoms with Gasteiger partial charge in [-0.3, -0.25) is 0 Å². The minimum Gasteiger partial charge on any atom is -0.481 e. The van der Waals surface area contributed by atoms with E-state index in [1.165, 1.54) is 0 Å². The SMILES string of the molecule is COc1nc2ccccc2cc1-c1ccnc(N)c1. The molecule has 2 N–H and O–H groups in total. The quantitative estimate of drug-likeness (QED) is 0.760. The van der Waals surface area contributed by atoms with E-state index in [0.29, 0.717) is 11.7 Å². The number of aromatic nitrogens is 2. The molecule has 2 aromatic heterocycles. The number of hydrogen-bond acceptors (Lipinski definition) is 4. The number of nitrogens with two attached hydrogens (primary N) is 1. The number of anilines is 1. The van der Waals surface area contributed by atoms with Gasteiger partial charge in [-0.2, -0.15) is 0 Å². The zero-order valence-corrected chi connectivity index (χ0v) is 10.5. The number of nitrogen functional groups attached to an aromatic ring is 1. The van der Waals surface area contributed by atoms with Crippen LogP contribution in [0.4, 0.5) is 5.82 Å². The Hall–Kier alpha value is -2.62. The highest BCUT2D eigenvalue weighted by Crippen LogP contribution is 2.31. The lowest BCUT2D eigenvalue weighted by Gasteiger charge is -2.09. The summed E-state index contributed by atoms with van der Waals surface area (Å²) >= 11 is 0. The van der Waals surface area contributed by atoms with Gasteiger partial charge in [0.05, 0.1) is 12.6 Å². The molecule has 0 aliphatic carbocycles. The van der Waals surface area contributed by atoms with Crippen molar-refractivity contribution in [3.05, 3.63) is 48.7 Å². The fraction of sp³-hybridized carbons (Fsp3) is 0.0667. The smallest absolute Gasteiger partial charge is 0.221 e. The number of rotatable bonds is 2. The summed E-state index contributed by atoms with van der Waals surface area (Å²) in [4.78, 5) is 8.52. The molecule has 94 valence electrons. The van der Waals surface area contributed by atoms with Crippen LogP contribution in [0.25, 0.3) is 22.0 Å². The molecule has 4 heteroatoms. The normalized spacial score (nSPS) is 10.6. The lowest BCUT2D eigenvalue weighted by Crippen LogP contribution is -1.94. The molecule has 0 atom stereocenters. The predicted molar refractivity (Wildman–Crippen MR) is 75.9 cm³/mol. The fourth-order valence-electron chi connectivity index (χ4n) is 2.08. The molecule has 19 heavy (non-hydrogen) atoms. The second kappa shape index (κ2) is 4.57. The first kappa shape index (κ1) is 11.5. The van der Waals surface area contributed by atoms with Crippen LogP contribution in [0.3, 0.4) is 0 Å². The number of pyridine rings is 2. The third-order valence-corrected chi connectivity index (χ3v) is 2.97. The van der Waals surface area contributed by atoms with Crippen LogP contribution in [0.2, 0.25) is 0 Å². The monoisotopic (exact) mass is 251 g/mol. The van der Waals surface area contributed by atoms with Crippen LogP contribution in [-0.2, 0) is 0 Å². The summed E-state index contributed by atoms with van der Waals surface area (Å²) in [5.74, 6) is 1.07. The van der Waals surface area contributed by atoms with Crippen molar-refractivity contribution in [2.24, 2.45) is 0 Å². The van der Waals surface area contributed by atoms with Gasteiger partial charge in [-0.05, 0) is 29.8 Å². The van der Waals surface area contributed by atoms with E-state index in [-0.39, 0.29) is 0 Å². The number of methoxy groups -OCH3 is 1. The van der Waals surface area contributed by atoms with Gasteiger partial charge in [0.25, 0.3) is 0 Å². The van der Waals surface area contributed by atoms with Crippen LogP contribution in [0.5, 0.6) is 5.88 Å². The molecule has 0 saturated carbocycles. The molecule has 0 unspecified atom stereocenters. The Bertz CT molecular complexity index is 740. The third kappa shape index (κ3) is 2.08. The maximum atomic E-state index is 5.73. The molecule has 1 aromatic carbocycles. The Labute approximate surface area is 110 Å². The summed E-state index contributed by atoms with van der Waals surface area (Å²) in [7, 11) is 1.62. The summed E-state index contributed by atoms with van der Waals surface area (Å²) in [6, 6.07) is 13.7. The molecular weight excluding hydrogens is 238 g/mol. The van der Waals surface area contributed by atoms with Gasteiger partial charge in [-0.1, -0.05) is 18.2 Å². The van der Waals surface area contributed by atoms with Crippen molar-refractivity contribution in [3.8, 4) is 17.0 Å². The molecule has 3 aromatic rings. The highest BCUT2D eigenvalue weighted by atomic mass is 16.5. The van der Waals surface area contributed by atoms with Crippen LogP contribution in [0.1, 0.15) is 0 Å². The Kier molecular flexibility index (Phi) is 2.76. The highest BCUT2D eigenvalue weighted by Gasteiger charge is 2.09. The minimum atomic E-state index is 0.479. The van der Waals surface area contributed by atoms with Gasteiger partial charge in [-0.25, -0.2) is 9.97 Å². The molecular formula is C15H13N3O. The minimum absolute atomic E-state index is 0.479. The van der Waals surface area contributed by atoms with E-state index >= 15 is 0 Å². The molecule has 3 rings (SSSR count). The summed E-state index contributed by atoms with van der Waals surface area (Å²) in [6.07, 6.45) is 1.68. The Morgan fingerprint density at radius 2 is 1.95 bits per heavy atom. The second-order valence-corrected chi connectivity index (χ2v) is 4.21. The fourth-order valence-corrected chi connectivity index (χ4v) is 2.08. The van der Waals surface area contributed by atoms with Crippen LogP contribution in [-0.4, -0.2) is 17.1 Å². The van der Waals surface area contributed by atoms with Crippen molar-refractivity contribution in [3.63, 3.8) is 0 Å². The lowest BCUT2D eigenvalue weighted by atomic mass is 10.1. The number of nitrogens with zero attached hydrogens (tertiary/aromatic N) is 2. The summed E-state index contributed by atoms with van der Waals surface area (Å²) < 4.78 is 5.38. The van der Waals surface area contributed by atoms with Gasteiger partial charge in [-0.15, -0.1) is 0 Å². The summed E-state index contributed by atoms with van der Waals surface area (Å²) in [6.45, 7) is 0. The van der Waals surface area contributed by atoms with Gasteiger partial charge in [0.15, 0.2) is 0 Å². The first-order valence-electron chi connectivity index (χ1n) is 5.93. The highest BCUT2D eigenvalue weighted by molar-refractivity contribution is 5.86. The van der Waals surface area contributed by atoms with Crippen LogP contribution < -0.4 is 10.5 Å². The molecule has 0 aliphatic rings. The molecule has 2 heterocycles. The van der Waals surface area contributed by atoms with Crippen molar-refractivity contribution >= 4 is 16.7 Å². The van der Waals surface area contributed by atoms with Crippen molar-refractivity contribution in [1.29, 1.82) is 0 Å². The molecule has 0 radical (unpaired) electrons. The Morgan fingerprint density at radius 1 is 1.11 bits per heavy atom. The third-order valence-electron chi connectivity index (χ3n) is 2.97. The molecule has 4 nitrogen and oxygen atoms in total. The van der Waals surface area contributed by atoms with E-state index in [1.807, 2.05) is 36.4 Å². The van der Waals surface area contributed by atoms with Crippen LogP contribution in [0, 0.1) is 0 Å². The van der Waals surface area contributed by atoms with E-state index < -0.39 is 0 Å². The zero-order valence-electron chi connectivity index (χ0n) is 10.5. The average Bonchev–Trinajstić information content (AvgIpc) is 2.46. The molecule has 0 spiro atoms. The molecule has 0 saturated heterocycles. The zero-order chi connectivity index (χ0) is 13.2. The topological polar surface area (TPSA) is 61.0 Å². The average molecular weight is 251 g/mol. The van der Waals surface area contributed by atoms with Crippen molar-refractivity contribution in [1.82, 2.24) is 9.97 Å². The lowest BCUT2D eigenvalue weighted by molar-refractivity contribution is 0.401. The maximum Gasteiger partial charge on any atom is 0.221 e. The van der Waals surface area contributed by atoms with Gasteiger partial charge in [0, 0.05) is 17.1 Å². The van der Waals surface area contributed by atoms with E-state index in [0.717, 1.165) is 22.0 Å². The molecule has 0 aliphatic heterocycles. The van der Waals surface area contributed by atoms with E-state index in [4.69, 9.17) is 10.5 Å². The first-order chi connectivity index (χ1) is 9.28. The van der Waals surface area contributed by atoms with Gasteiger partial charge < -0.3 is 10.5 Å². The number of ether oxygens (including phenoxy) is 1. The van der Waals surface area contributed by atoms with Gasteiger partial charge in [0.2, 0.25) is 5.88 Å². The van der Waals surface area contributed by atoms with Gasteiger partial charge in [0.1, 0.15) is 5.82 Å². The van der Waals surface area contributed by atoms with Crippen molar-refractivity contribution < 1.29 is 4.74 Å². The van der Waals surface area contributed by atoms with Crippen LogP contribution >= 0.6 is 0 Å². The first-order valence-corrected chi connectivity index (χ1v) is 5.93. The van der Waals surface area contributed by atoms with Crippen molar-refractivity contribution in [2.75, 3.05) is 12.8 Å². The van der Waals surface area contributed by atoms with E-state index in [1.54, 1.807) is 13.3 Å². The largest absolute Gasteiger partial charge is 0.481 e. The second-order valence-electron chi connectivity index (χ2n) is 4.21. The molecule has 0 bridgehead atoms. The number of fused-ring (bicyclic) bond motifs is 1. The van der Waals surface area contributed by atoms with Gasteiger partial charge >= 0.3 is 0 Å². The summed E-state index contributed by atoms with van der Waals surface area (Å²) in [5, 5.41) is 1.06. The number of benzene rings is 1. The maximum absolute atomic E-state index is 5.73. The van der Waals surface area contributed by atoms with Crippen molar-refractivity contribution in [2.45, 2.75) is 0 Å². The van der Waals surface area contributed by atoms with Crippen LogP contribution in [0.15, 0.2) is 48.7 Å². The standard InChI is InChI=1S/C15H13N3O/c1-19-15-12(10-6-7-17-14(16)9-10)8-11-4-2-3-5-13(11)18-15/h2-9H,1H3,(H2,16,17). The number of para-hydroxylation sites is 1. The predicted octanol–water partition coefficient (Wildman–Crippen LogP) is 2.89.